The summed E-state index contributed by atoms with van der Waals surface area (Å²) in [5, 5.41) is 3.16. The maximum atomic E-state index is 12.3. The SMILES string of the molecule is O=C(COc1ccc(Br)cc1)NCC1(N2CCCCC2)CCCCC1. The summed E-state index contributed by atoms with van der Waals surface area (Å²) in [7, 11) is 0. The molecule has 1 saturated carbocycles. The van der Waals surface area contributed by atoms with Crippen LogP contribution >= 0.6 is 15.9 Å². The number of piperidine rings is 1. The number of hydrogen-bond donors (Lipinski definition) is 1. The first-order chi connectivity index (χ1) is 12.2. The minimum absolute atomic E-state index is 0.0233. The number of halogens is 1. The van der Waals surface area contributed by atoms with Crippen LogP contribution < -0.4 is 10.1 Å². The summed E-state index contributed by atoms with van der Waals surface area (Å²) < 4.78 is 6.60. The lowest BCUT2D eigenvalue weighted by atomic mass is 9.79. The van der Waals surface area contributed by atoms with Crippen molar-refractivity contribution in [3.05, 3.63) is 28.7 Å². The molecule has 0 bridgehead atoms. The molecule has 1 aliphatic heterocycles. The summed E-state index contributed by atoms with van der Waals surface area (Å²) >= 11 is 3.40. The van der Waals surface area contributed by atoms with Gasteiger partial charge in [-0.15, -0.1) is 0 Å². The fourth-order valence-electron chi connectivity index (χ4n) is 4.18. The van der Waals surface area contributed by atoms with Crippen molar-refractivity contribution in [1.29, 1.82) is 0 Å². The van der Waals surface area contributed by atoms with E-state index in [0.29, 0.717) is 0 Å². The molecule has 0 aromatic heterocycles. The maximum absolute atomic E-state index is 12.3. The Labute approximate surface area is 159 Å². The molecule has 1 aromatic carbocycles. The predicted octanol–water partition coefficient (Wildman–Crippen LogP) is 4.13. The minimum Gasteiger partial charge on any atom is -0.484 e. The van der Waals surface area contributed by atoms with Crippen molar-refractivity contribution in [1.82, 2.24) is 10.2 Å². The monoisotopic (exact) mass is 408 g/mol. The van der Waals surface area contributed by atoms with Gasteiger partial charge in [0.15, 0.2) is 6.61 Å². The van der Waals surface area contributed by atoms with Crippen molar-refractivity contribution < 1.29 is 9.53 Å². The molecule has 0 atom stereocenters. The molecule has 25 heavy (non-hydrogen) atoms. The van der Waals surface area contributed by atoms with Crippen LogP contribution in [-0.4, -0.2) is 42.6 Å². The van der Waals surface area contributed by atoms with E-state index in [1.165, 1.54) is 64.5 Å². The van der Waals surface area contributed by atoms with Gasteiger partial charge < -0.3 is 10.1 Å². The quantitative estimate of drug-likeness (QED) is 0.768. The molecule has 5 heteroatoms. The van der Waals surface area contributed by atoms with Gasteiger partial charge >= 0.3 is 0 Å². The molecule has 138 valence electrons. The molecule has 1 heterocycles. The smallest absolute Gasteiger partial charge is 0.258 e. The van der Waals surface area contributed by atoms with Crippen LogP contribution in [0.5, 0.6) is 5.75 Å². The molecule has 1 N–H and O–H groups in total. The van der Waals surface area contributed by atoms with Crippen molar-refractivity contribution >= 4 is 21.8 Å². The number of ether oxygens (including phenoxy) is 1. The minimum atomic E-state index is -0.0233. The highest BCUT2D eigenvalue weighted by atomic mass is 79.9. The topological polar surface area (TPSA) is 41.6 Å². The Hall–Kier alpha value is -1.07. The summed E-state index contributed by atoms with van der Waals surface area (Å²) in [6.45, 7) is 3.21. The highest BCUT2D eigenvalue weighted by Crippen LogP contribution is 2.35. The number of carbonyl (C=O) groups excluding carboxylic acids is 1. The summed E-state index contributed by atoms with van der Waals surface area (Å²) in [6, 6.07) is 7.57. The molecule has 0 radical (unpaired) electrons. The summed E-state index contributed by atoms with van der Waals surface area (Å²) in [5.41, 5.74) is 0.173. The molecule has 2 fully saturated rings. The summed E-state index contributed by atoms with van der Waals surface area (Å²) in [4.78, 5) is 14.9. The lowest BCUT2D eigenvalue weighted by molar-refractivity contribution is -0.124. The van der Waals surface area contributed by atoms with E-state index in [1.54, 1.807) is 0 Å². The van der Waals surface area contributed by atoms with Crippen LogP contribution in [0, 0.1) is 0 Å². The van der Waals surface area contributed by atoms with E-state index in [1.807, 2.05) is 24.3 Å². The first kappa shape index (κ1) is 18.7. The van der Waals surface area contributed by atoms with E-state index in [2.05, 4.69) is 26.1 Å². The molecule has 1 aliphatic carbocycles. The van der Waals surface area contributed by atoms with Crippen LogP contribution in [0.4, 0.5) is 0 Å². The van der Waals surface area contributed by atoms with Gasteiger partial charge in [0.1, 0.15) is 5.75 Å². The van der Waals surface area contributed by atoms with E-state index in [0.717, 1.165) is 16.8 Å². The van der Waals surface area contributed by atoms with Crippen molar-refractivity contribution in [2.45, 2.75) is 56.9 Å². The molecule has 0 unspecified atom stereocenters. The van der Waals surface area contributed by atoms with Gasteiger partial charge in [-0.1, -0.05) is 41.6 Å². The number of hydrogen-bond acceptors (Lipinski definition) is 3. The third-order valence-electron chi connectivity index (χ3n) is 5.61. The number of likely N-dealkylation sites (tertiary alicyclic amines) is 1. The molecule has 3 rings (SSSR count). The Morgan fingerprint density at radius 2 is 1.68 bits per heavy atom. The normalized spacial score (nSPS) is 20.8. The second-order valence-electron chi connectivity index (χ2n) is 7.35. The number of amides is 1. The van der Waals surface area contributed by atoms with Crippen LogP contribution in [0.15, 0.2) is 28.7 Å². The van der Waals surface area contributed by atoms with Gasteiger partial charge in [0, 0.05) is 16.6 Å². The van der Waals surface area contributed by atoms with E-state index < -0.39 is 0 Å². The van der Waals surface area contributed by atoms with E-state index in [-0.39, 0.29) is 18.1 Å². The van der Waals surface area contributed by atoms with Crippen LogP contribution in [0.25, 0.3) is 0 Å². The van der Waals surface area contributed by atoms with Gasteiger partial charge in [-0.2, -0.15) is 0 Å². The van der Waals surface area contributed by atoms with Gasteiger partial charge in [0.05, 0.1) is 0 Å². The molecular weight excluding hydrogens is 380 g/mol. The molecule has 1 aromatic rings. The number of nitrogens with zero attached hydrogens (tertiary/aromatic N) is 1. The van der Waals surface area contributed by atoms with E-state index in [9.17, 15) is 4.79 Å². The Balaban J connectivity index is 1.51. The summed E-state index contributed by atoms with van der Waals surface area (Å²) in [6.07, 6.45) is 10.2. The number of rotatable bonds is 6. The Morgan fingerprint density at radius 1 is 1.04 bits per heavy atom. The maximum Gasteiger partial charge on any atom is 0.258 e. The first-order valence-electron chi connectivity index (χ1n) is 9.58. The third-order valence-corrected chi connectivity index (χ3v) is 6.14. The molecule has 1 amide bonds. The van der Waals surface area contributed by atoms with E-state index in [4.69, 9.17) is 4.74 Å². The van der Waals surface area contributed by atoms with Gasteiger partial charge in [-0.05, 0) is 63.0 Å². The second-order valence-corrected chi connectivity index (χ2v) is 8.27. The Morgan fingerprint density at radius 3 is 2.36 bits per heavy atom. The highest BCUT2D eigenvalue weighted by molar-refractivity contribution is 9.10. The van der Waals surface area contributed by atoms with Gasteiger partial charge in [-0.3, -0.25) is 9.69 Å². The molecule has 1 saturated heterocycles. The van der Waals surface area contributed by atoms with Crippen molar-refractivity contribution in [3.8, 4) is 5.75 Å². The third kappa shape index (κ3) is 5.20. The first-order valence-corrected chi connectivity index (χ1v) is 10.4. The standard InChI is InChI=1S/C20H29BrN2O2/c21-17-7-9-18(10-8-17)25-15-19(24)22-16-20(11-3-1-4-12-20)23-13-5-2-6-14-23/h7-10H,1-6,11-16H2,(H,22,24). The van der Waals surface area contributed by atoms with E-state index >= 15 is 0 Å². The zero-order valence-electron chi connectivity index (χ0n) is 14.9. The zero-order valence-corrected chi connectivity index (χ0v) is 16.5. The molecule has 0 spiro atoms. The average Bonchev–Trinajstić information content (AvgIpc) is 2.67. The zero-order chi connectivity index (χ0) is 17.5. The predicted molar refractivity (Wildman–Crippen MR) is 104 cm³/mol. The van der Waals surface area contributed by atoms with Gasteiger partial charge in [0.25, 0.3) is 5.91 Å². The van der Waals surface area contributed by atoms with Gasteiger partial charge in [0.2, 0.25) is 0 Å². The second kappa shape index (κ2) is 9.04. The summed E-state index contributed by atoms with van der Waals surface area (Å²) in [5.74, 6) is 0.701. The van der Waals surface area contributed by atoms with Crippen molar-refractivity contribution in [3.63, 3.8) is 0 Å². The molecule has 2 aliphatic rings. The Kier molecular flexibility index (Phi) is 6.77. The Bertz CT molecular complexity index is 549. The van der Waals surface area contributed by atoms with Gasteiger partial charge in [-0.25, -0.2) is 0 Å². The number of carbonyl (C=O) groups is 1. The lowest BCUT2D eigenvalue weighted by Gasteiger charge is -2.48. The molecule has 4 nitrogen and oxygen atoms in total. The molecular formula is C20H29BrN2O2. The largest absolute Gasteiger partial charge is 0.484 e. The number of benzene rings is 1. The fourth-order valence-corrected chi connectivity index (χ4v) is 4.44. The van der Waals surface area contributed by atoms with Crippen LogP contribution in [-0.2, 0) is 4.79 Å². The number of nitrogens with one attached hydrogen (secondary N) is 1. The van der Waals surface area contributed by atoms with Crippen LogP contribution in [0.2, 0.25) is 0 Å². The highest BCUT2D eigenvalue weighted by Gasteiger charge is 2.38. The average molecular weight is 409 g/mol. The van der Waals surface area contributed by atoms with Crippen LogP contribution in [0.3, 0.4) is 0 Å². The van der Waals surface area contributed by atoms with Crippen molar-refractivity contribution in [2.75, 3.05) is 26.2 Å². The lowest BCUT2D eigenvalue weighted by Crippen LogP contribution is -2.58. The van der Waals surface area contributed by atoms with Crippen molar-refractivity contribution in [2.24, 2.45) is 0 Å². The van der Waals surface area contributed by atoms with Crippen LogP contribution in [0.1, 0.15) is 51.4 Å². The fraction of sp³-hybridized carbons (Fsp3) is 0.650.